The summed E-state index contributed by atoms with van der Waals surface area (Å²) in [6.07, 6.45) is 1.76. The molecule has 0 saturated carbocycles. The molecule has 4 aromatic rings. The Labute approximate surface area is 249 Å². The Morgan fingerprint density at radius 3 is 2.52 bits per heavy atom. The van der Waals surface area contributed by atoms with Gasteiger partial charge in [-0.05, 0) is 67.7 Å². The molecule has 220 valence electrons. The van der Waals surface area contributed by atoms with Crippen LogP contribution in [0.25, 0.3) is 22.4 Å². The average molecular weight is 588 g/mol. The van der Waals surface area contributed by atoms with Gasteiger partial charge in [-0.25, -0.2) is 14.6 Å². The fraction of sp³-hybridized carbons (Fsp3) is 0.394. The summed E-state index contributed by atoms with van der Waals surface area (Å²) in [5, 5.41) is 3.37. The molecular formula is C33H37N3O5S. The fourth-order valence-corrected chi connectivity index (χ4v) is 6.81. The van der Waals surface area contributed by atoms with E-state index in [-0.39, 0.29) is 18.4 Å². The van der Waals surface area contributed by atoms with Gasteiger partial charge >= 0.3 is 11.9 Å². The van der Waals surface area contributed by atoms with Crippen LogP contribution in [0.5, 0.6) is 0 Å². The highest BCUT2D eigenvalue weighted by atomic mass is 32.1. The molecule has 1 aliphatic carbocycles. The van der Waals surface area contributed by atoms with Gasteiger partial charge in [0, 0.05) is 10.4 Å². The third-order valence-electron chi connectivity index (χ3n) is 7.91. The lowest BCUT2D eigenvalue weighted by molar-refractivity contribution is -0.124. The van der Waals surface area contributed by atoms with E-state index in [9.17, 15) is 14.4 Å². The minimum absolute atomic E-state index is 0.134. The Bertz CT molecular complexity index is 1600. The minimum Gasteiger partial charge on any atom is -0.462 e. The predicted octanol–water partition coefficient (Wildman–Crippen LogP) is 7.19. The van der Waals surface area contributed by atoms with Crippen molar-refractivity contribution in [2.24, 2.45) is 11.3 Å². The van der Waals surface area contributed by atoms with E-state index in [0.29, 0.717) is 33.4 Å². The Kier molecular flexibility index (Phi) is 8.50. The molecule has 2 aromatic heterocycles. The molecule has 2 atom stereocenters. The minimum atomic E-state index is -1.06. The van der Waals surface area contributed by atoms with Crippen LogP contribution in [0.1, 0.15) is 78.6 Å². The zero-order valence-electron chi connectivity index (χ0n) is 24.7. The summed E-state index contributed by atoms with van der Waals surface area (Å²) in [6, 6.07) is 14.6. The van der Waals surface area contributed by atoms with E-state index in [4.69, 9.17) is 9.47 Å². The van der Waals surface area contributed by atoms with Crippen molar-refractivity contribution in [2.45, 2.75) is 66.4 Å². The molecule has 0 radical (unpaired) electrons. The molecule has 0 aliphatic heterocycles. The van der Waals surface area contributed by atoms with Gasteiger partial charge in [0.15, 0.2) is 6.10 Å². The number of nitrogens with zero attached hydrogens (tertiary/aromatic N) is 1. The molecule has 2 heterocycles. The normalized spacial score (nSPS) is 15.6. The zero-order valence-corrected chi connectivity index (χ0v) is 25.5. The highest BCUT2D eigenvalue weighted by molar-refractivity contribution is 7.17. The van der Waals surface area contributed by atoms with Crippen molar-refractivity contribution < 1.29 is 23.9 Å². The molecule has 1 aliphatic rings. The number of imidazole rings is 1. The topological polar surface area (TPSA) is 110 Å². The number of H-pyrrole nitrogens is 1. The number of fused-ring (bicyclic) bond motifs is 2. The Morgan fingerprint density at radius 2 is 1.81 bits per heavy atom. The number of rotatable bonds is 8. The standard InChI is InChI=1S/C33H37N3O5S/c1-6-25(41-31(38)21-13-9-8-12-20(21)28-34-23-14-10-11-15-24(23)35-28)29(37)36-30-27(32(39)40-7-2)22-17-16-19(33(3,4)5)18-26(22)42-30/h8-15,19,25H,6-7,16-18H2,1-5H3,(H,34,35)(H,36,37). The van der Waals surface area contributed by atoms with Gasteiger partial charge in [-0.15, -0.1) is 11.3 Å². The monoisotopic (exact) mass is 587 g/mol. The fourth-order valence-electron chi connectivity index (χ4n) is 5.49. The molecule has 5 rings (SSSR count). The number of carbonyl (C=O) groups is 3. The van der Waals surface area contributed by atoms with Crippen LogP contribution in [0.15, 0.2) is 48.5 Å². The van der Waals surface area contributed by atoms with E-state index < -0.39 is 23.9 Å². The molecule has 42 heavy (non-hydrogen) atoms. The maximum absolute atomic E-state index is 13.5. The van der Waals surface area contributed by atoms with Gasteiger partial charge in [-0.2, -0.15) is 0 Å². The van der Waals surface area contributed by atoms with Crippen LogP contribution in [0, 0.1) is 11.3 Å². The average Bonchev–Trinajstić information content (AvgIpc) is 3.56. The van der Waals surface area contributed by atoms with Crippen molar-refractivity contribution in [3.8, 4) is 11.4 Å². The second kappa shape index (κ2) is 12.1. The van der Waals surface area contributed by atoms with E-state index in [2.05, 4.69) is 36.1 Å². The number of hydrogen-bond acceptors (Lipinski definition) is 7. The van der Waals surface area contributed by atoms with Crippen molar-refractivity contribution in [3.63, 3.8) is 0 Å². The van der Waals surface area contributed by atoms with E-state index in [0.717, 1.165) is 40.7 Å². The van der Waals surface area contributed by atoms with Crippen LogP contribution < -0.4 is 5.32 Å². The van der Waals surface area contributed by atoms with Crippen LogP contribution in [0.4, 0.5) is 5.00 Å². The first-order valence-electron chi connectivity index (χ1n) is 14.5. The highest BCUT2D eigenvalue weighted by Gasteiger charge is 2.35. The second-order valence-corrected chi connectivity index (χ2v) is 12.8. The maximum Gasteiger partial charge on any atom is 0.341 e. The molecule has 2 unspecified atom stereocenters. The van der Waals surface area contributed by atoms with Crippen molar-refractivity contribution in [2.75, 3.05) is 11.9 Å². The first-order valence-corrected chi connectivity index (χ1v) is 15.3. The largest absolute Gasteiger partial charge is 0.462 e. The number of carbonyl (C=O) groups excluding carboxylic acids is 3. The van der Waals surface area contributed by atoms with Gasteiger partial charge in [-0.1, -0.05) is 58.0 Å². The lowest BCUT2D eigenvalue weighted by Crippen LogP contribution is -2.32. The van der Waals surface area contributed by atoms with E-state index in [1.54, 1.807) is 32.0 Å². The molecule has 8 nitrogen and oxygen atoms in total. The van der Waals surface area contributed by atoms with Crippen molar-refractivity contribution in [3.05, 3.63) is 70.1 Å². The van der Waals surface area contributed by atoms with E-state index in [1.165, 1.54) is 11.3 Å². The number of para-hydroxylation sites is 2. The summed E-state index contributed by atoms with van der Waals surface area (Å²) in [5.41, 5.74) is 4.04. The Balaban J connectivity index is 1.38. The number of anilines is 1. The molecule has 2 N–H and O–H groups in total. The van der Waals surface area contributed by atoms with Crippen LogP contribution in [-0.2, 0) is 27.1 Å². The van der Waals surface area contributed by atoms with E-state index >= 15 is 0 Å². The van der Waals surface area contributed by atoms with Crippen molar-refractivity contribution >= 4 is 45.2 Å². The Morgan fingerprint density at radius 1 is 1.07 bits per heavy atom. The van der Waals surface area contributed by atoms with E-state index in [1.807, 2.05) is 30.3 Å². The van der Waals surface area contributed by atoms with Crippen LogP contribution in [-0.4, -0.2) is 40.5 Å². The van der Waals surface area contributed by atoms with Gasteiger partial charge in [0.1, 0.15) is 10.8 Å². The third kappa shape index (κ3) is 5.97. The molecule has 1 amide bonds. The van der Waals surface area contributed by atoms with Gasteiger partial charge in [0.05, 0.1) is 28.8 Å². The number of amides is 1. The summed E-state index contributed by atoms with van der Waals surface area (Å²) in [7, 11) is 0. The van der Waals surface area contributed by atoms with Crippen LogP contribution >= 0.6 is 11.3 Å². The molecule has 0 fully saturated rings. The predicted molar refractivity (Wildman–Crippen MR) is 165 cm³/mol. The Hall–Kier alpha value is -3.98. The summed E-state index contributed by atoms with van der Waals surface area (Å²) in [4.78, 5) is 48.9. The molecular weight excluding hydrogens is 550 g/mol. The van der Waals surface area contributed by atoms with Gasteiger partial charge in [-0.3, -0.25) is 4.79 Å². The molecule has 0 bridgehead atoms. The number of esters is 2. The number of thiophene rings is 1. The van der Waals surface area contributed by atoms with Gasteiger partial charge in [0.2, 0.25) is 0 Å². The third-order valence-corrected chi connectivity index (χ3v) is 9.08. The quantitative estimate of drug-likeness (QED) is 0.211. The number of aromatic nitrogens is 2. The first kappa shape index (κ1) is 29.5. The summed E-state index contributed by atoms with van der Waals surface area (Å²) in [5.74, 6) is -0.540. The number of benzene rings is 2. The molecule has 9 heteroatoms. The lowest BCUT2D eigenvalue weighted by Gasteiger charge is -2.33. The highest BCUT2D eigenvalue weighted by Crippen LogP contribution is 2.44. The van der Waals surface area contributed by atoms with Crippen molar-refractivity contribution in [1.82, 2.24) is 9.97 Å². The van der Waals surface area contributed by atoms with Crippen molar-refractivity contribution in [1.29, 1.82) is 0 Å². The smallest absolute Gasteiger partial charge is 0.341 e. The molecule has 0 spiro atoms. The van der Waals surface area contributed by atoms with Crippen LogP contribution in [0.2, 0.25) is 0 Å². The van der Waals surface area contributed by atoms with Gasteiger partial charge in [0.25, 0.3) is 5.91 Å². The van der Waals surface area contributed by atoms with Crippen LogP contribution in [0.3, 0.4) is 0 Å². The van der Waals surface area contributed by atoms with Gasteiger partial charge < -0.3 is 19.8 Å². The summed E-state index contributed by atoms with van der Waals surface area (Å²) in [6.45, 7) is 10.5. The molecule has 0 saturated heterocycles. The zero-order chi connectivity index (χ0) is 30.0. The lowest BCUT2D eigenvalue weighted by atomic mass is 9.72. The number of hydrogen-bond donors (Lipinski definition) is 2. The summed E-state index contributed by atoms with van der Waals surface area (Å²) >= 11 is 1.42. The number of aromatic amines is 1. The SMILES string of the molecule is CCOC(=O)c1c(NC(=O)C(CC)OC(=O)c2ccccc2-c2nc3ccccc3[nH]2)sc2c1CCC(C(C)(C)C)C2. The number of nitrogens with one attached hydrogen (secondary N) is 2. The number of ether oxygens (including phenoxy) is 2. The second-order valence-electron chi connectivity index (χ2n) is 11.7. The summed E-state index contributed by atoms with van der Waals surface area (Å²) < 4.78 is 11.1. The maximum atomic E-state index is 13.5. The molecule has 2 aromatic carbocycles. The first-order chi connectivity index (χ1) is 20.1.